The molecular formula is C21H17F2N5O2. The van der Waals surface area contributed by atoms with Gasteiger partial charge in [0.15, 0.2) is 0 Å². The number of hydrogen-bond donors (Lipinski definition) is 1. The molecule has 1 saturated carbocycles. The minimum absolute atomic E-state index is 0.0839. The standard InChI is InChI=1S/C21H17F2N5O2/c1-12-6-7-13(17-26-19(30-27-17)20(2)11-21(20,22)23)9-14(12)25-18(29)15-10-24-16-5-3-4-8-28(15)16/h3-10H,11H2,1-2H3,(H,25,29)/t20-/m1/s1. The van der Waals surface area contributed by atoms with E-state index in [0.29, 0.717) is 22.6 Å². The number of alkyl halides is 2. The van der Waals surface area contributed by atoms with Crippen LogP contribution in [0, 0.1) is 6.92 Å². The second-order valence-electron chi connectivity index (χ2n) is 7.69. The van der Waals surface area contributed by atoms with Gasteiger partial charge in [-0.3, -0.25) is 9.20 Å². The van der Waals surface area contributed by atoms with Gasteiger partial charge in [-0.1, -0.05) is 23.4 Å². The van der Waals surface area contributed by atoms with Crippen molar-refractivity contribution in [2.45, 2.75) is 31.6 Å². The highest BCUT2D eigenvalue weighted by Crippen LogP contribution is 2.60. The molecule has 0 bridgehead atoms. The van der Waals surface area contributed by atoms with Gasteiger partial charge in [-0.25, -0.2) is 13.8 Å². The molecule has 1 amide bonds. The molecule has 1 N–H and O–H groups in total. The van der Waals surface area contributed by atoms with Crippen molar-refractivity contribution in [1.29, 1.82) is 0 Å². The van der Waals surface area contributed by atoms with E-state index in [1.807, 2.05) is 19.1 Å². The number of anilines is 1. The van der Waals surface area contributed by atoms with Crippen molar-refractivity contribution in [2.24, 2.45) is 0 Å². The lowest BCUT2D eigenvalue weighted by Gasteiger charge is -2.09. The zero-order valence-electron chi connectivity index (χ0n) is 16.2. The van der Waals surface area contributed by atoms with Crippen LogP contribution in [-0.2, 0) is 5.41 Å². The number of fused-ring (bicyclic) bond motifs is 1. The van der Waals surface area contributed by atoms with Crippen molar-refractivity contribution in [3.05, 3.63) is 65.9 Å². The lowest BCUT2D eigenvalue weighted by molar-refractivity contribution is 0.0832. The van der Waals surface area contributed by atoms with Gasteiger partial charge in [0.1, 0.15) is 16.8 Å². The van der Waals surface area contributed by atoms with Gasteiger partial charge in [0.05, 0.1) is 6.20 Å². The normalized spacial score (nSPS) is 19.7. The molecule has 0 spiro atoms. The predicted molar refractivity (Wildman–Crippen MR) is 105 cm³/mol. The molecule has 0 unspecified atom stereocenters. The van der Waals surface area contributed by atoms with Crippen LogP contribution in [0.2, 0.25) is 0 Å². The lowest BCUT2D eigenvalue weighted by atomic mass is 10.1. The molecular weight excluding hydrogens is 392 g/mol. The van der Waals surface area contributed by atoms with Gasteiger partial charge in [-0.2, -0.15) is 4.98 Å². The van der Waals surface area contributed by atoms with E-state index in [1.54, 1.807) is 34.9 Å². The molecule has 1 aromatic carbocycles. The summed E-state index contributed by atoms with van der Waals surface area (Å²) in [6, 6.07) is 10.7. The van der Waals surface area contributed by atoms with E-state index in [9.17, 15) is 13.6 Å². The van der Waals surface area contributed by atoms with E-state index in [4.69, 9.17) is 4.52 Å². The molecule has 0 aliphatic heterocycles. The number of amides is 1. The Morgan fingerprint density at radius 3 is 2.83 bits per heavy atom. The number of hydrogen-bond acceptors (Lipinski definition) is 5. The maximum absolute atomic E-state index is 13.6. The first-order valence-corrected chi connectivity index (χ1v) is 9.35. The minimum Gasteiger partial charge on any atom is -0.338 e. The summed E-state index contributed by atoms with van der Waals surface area (Å²) in [7, 11) is 0. The predicted octanol–water partition coefficient (Wildman–Crippen LogP) is 4.24. The number of carbonyl (C=O) groups excluding carboxylic acids is 1. The number of aromatic nitrogens is 4. The van der Waals surface area contributed by atoms with E-state index in [1.165, 1.54) is 13.1 Å². The summed E-state index contributed by atoms with van der Waals surface area (Å²) in [5, 5.41) is 6.72. The quantitative estimate of drug-likeness (QED) is 0.545. The smallest absolute Gasteiger partial charge is 0.274 e. The molecule has 1 aliphatic rings. The number of benzene rings is 1. The summed E-state index contributed by atoms with van der Waals surface area (Å²) < 4.78 is 34.0. The van der Waals surface area contributed by atoms with Crippen molar-refractivity contribution >= 4 is 17.2 Å². The number of halogens is 2. The summed E-state index contributed by atoms with van der Waals surface area (Å²) in [6.07, 6.45) is 2.96. The van der Waals surface area contributed by atoms with Crippen LogP contribution in [0.3, 0.4) is 0 Å². The van der Waals surface area contributed by atoms with Crippen molar-refractivity contribution < 1.29 is 18.1 Å². The van der Waals surface area contributed by atoms with Crippen molar-refractivity contribution in [3.8, 4) is 11.4 Å². The van der Waals surface area contributed by atoms with Gasteiger partial charge in [0.25, 0.3) is 11.8 Å². The Labute approximate surface area is 169 Å². The number of nitrogens with zero attached hydrogens (tertiary/aromatic N) is 4. The number of pyridine rings is 1. The average molecular weight is 409 g/mol. The molecule has 4 aromatic rings. The Balaban J connectivity index is 1.43. The fourth-order valence-corrected chi connectivity index (χ4v) is 3.38. The third-order valence-electron chi connectivity index (χ3n) is 5.55. The van der Waals surface area contributed by atoms with E-state index >= 15 is 0 Å². The molecule has 5 rings (SSSR count). The van der Waals surface area contributed by atoms with E-state index < -0.39 is 11.3 Å². The number of aryl methyl sites for hydroxylation is 1. The van der Waals surface area contributed by atoms with E-state index in [0.717, 1.165) is 5.56 Å². The maximum Gasteiger partial charge on any atom is 0.274 e. The molecule has 0 radical (unpaired) electrons. The van der Waals surface area contributed by atoms with Crippen LogP contribution < -0.4 is 5.32 Å². The molecule has 7 nitrogen and oxygen atoms in total. The van der Waals surface area contributed by atoms with Crippen molar-refractivity contribution in [1.82, 2.24) is 19.5 Å². The molecule has 1 atom stereocenters. The Bertz CT molecular complexity index is 1300. The molecule has 1 aliphatic carbocycles. The number of nitrogens with one attached hydrogen (secondary N) is 1. The Hall–Kier alpha value is -3.62. The largest absolute Gasteiger partial charge is 0.338 e. The summed E-state index contributed by atoms with van der Waals surface area (Å²) >= 11 is 0. The van der Waals surface area contributed by atoms with Crippen molar-refractivity contribution in [3.63, 3.8) is 0 Å². The van der Waals surface area contributed by atoms with Gasteiger partial charge >= 0.3 is 0 Å². The summed E-state index contributed by atoms with van der Waals surface area (Å²) in [5.74, 6) is -3.05. The van der Waals surface area contributed by atoms with Gasteiger partial charge in [-0.05, 0) is 37.6 Å². The van der Waals surface area contributed by atoms with Gasteiger partial charge in [-0.15, -0.1) is 0 Å². The highest BCUT2D eigenvalue weighted by Gasteiger charge is 2.72. The molecule has 1 fully saturated rings. The first-order chi connectivity index (χ1) is 14.3. The van der Waals surface area contributed by atoms with Crippen LogP contribution in [0.25, 0.3) is 17.0 Å². The zero-order valence-corrected chi connectivity index (χ0v) is 16.2. The average Bonchev–Trinajstić information content (AvgIpc) is 3.14. The Morgan fingerprint density at radius 1 is 1.27 bits per heavy atom. The van der Waals surface area contributed by atoms with Crippen LogP contribution >= 0.6 is 0 Å². The fourth-order valence-electron chi connectivity index (χ4n) is 3.38. The molecule has 9 heteroatoms. The topological polar surface area (TPSA) is 85.3 Å². The zero-order chi connectivity index (χ0) is 21.1. The highest BCUT2D eigenvalue weighted by molar-refractivity contribution is 6.04. The van der Waals surface area contributed by atoms with E-state index in [-0.39, 0.29) is 24.0 Å². The molecule has 152 valence electrons. The maximum atomic E-state index is 13.6. The molecule has 3 heterocycles. The SMILES string of the molecule is Cc1ccc(-c2noc([C@@]3(C)CC3(F)F)n2)cc1NC(=O)c1cnc2ccccn12. The first kappa shape index (κ1) is 18.4. The van der Waals surface area contributed by atoms with E-state index in [2.05, 4.69) is 20.4 Å². The molecule has 0 saturated heterocycles. The molecule has 3 aromatic heterocycles. The lowest BCUT2D eigenvalue weighted by Crippen LogP contribution is -2.15. The monoisotopic (exact) mass is 409 g/mol. The highest BCUT2D eigenvalue weighted by atomic mass is 19.3. The van der Waals surface area contributed by atoms with Crippen LogP contribution in [0.15, 0.2) is 53.3 Å². The number of rotatable bonds is 4. The van der Waals surface area contributed by atoms with Crippen LogP contribution in [0.5, 0.6) is 0 Å². The molecule has 30 heavy (non-hydrogen) atoms. The minimum atomic E-state index is -2.84. The summed E-state index contributed by atoms with van der Waals surface area (Å²) in [6.45, 7) is 3.25. The fraction of sp³-hybridized carbons (Fsp3) is 0.238. The third kappa shape index (κ3) is 2.77. The second kappa shape index (κ2) is 6.19. The van der Waals surface area contributed by atoms with Crippen LogP contribution in [0.4, 0.5) is 14.5 Å². The Kier molecular flexibility index (Phi) is 3.80. The van der Waals surface area contributed by atoms with Crippen LogP contribution in [-0.4, -0.2) is 31.4 Å². The number of imidazole rings is 1. The Morgan fingerprint density at radius 2 is 2.07 bits per heavy atom. The van der Waals surface area contributed by atoms with Crippen molar-refractivity contribution in [2.75, 3.05) is 5.32 Å². The summed E-state index contributed by atoms with van der Waals surface area (Å²) in [5.41, 5.74) is 1.57. The summed E-state index contributed by atoms with van der Waals surface area (Å²) in [4.78, 5) is 21.2. The third-order valence-corrected chi connectivity index (χ3v) is 5.55. The van der Waals surface area contributed by atoms with Crippen LogP contribution in [0.1, 0.15) is 35.3 Å². The van der Waals surface area contributed by atoms with Gasteiger partial charge in [0, 0.05) is 23.9 Å². The second-order valence-corrected chi connectivity index (χ2v) is 7.69. The van der Waals surface area contributed by atoms with Gasteiger partial charge < -0.3 is 9.84 Å². The first-order valence-electron chi connectivity index (χ1n) is 9.35. The number of carbonyl (C=O) groups is 1. The van der Waals surface area contributed by atoms with Gasteiger partial charge in [0.2, 0.25) is 11.7 Å².